The number of H-pyrrole nitrogens is 1. The lowest BCUT2D eigenvalue weighted by Gasteiger charge is -2.41. The normalized spacial score (nSPS) is 17.7. The second-order valence-corrected chi connectivity index (χ2v) is 7.41. The van der Waals surface area contributed by atoms with Gasteiger partial charge in [0.15, 0.2) is 5.65 Å². The molecule has 23 heavy (non-hydrogen) atoms. The Labute approximate surface area is 139 Å². The Hall–Kier alpha value is -1.66. The molecule has 0 aliphatic carbocycles. The third-order valence-electron chi connectivity index (χ3n) is 4.51. The summed E-state index contributed by atoms with van der Waals surface area (Å²) in [6.45, 7) is 8.32. The molecule has 124 valence electrons. The topological polar surface area (TPSA) is 71.0 Å². The predicted molar refractivity (Wildman–Crippen MR) is 91.2 cm³/mol. The molecule has 3 heterocycles. The van der Waals surface area contributed by atoms with Crippen LogP contribution < -0.4 is 11.1 Å². The van der Waals surface area contributed by atoms with E-state index in [0.717, 1.165) is 25.9 Å². The molecule has 2 aromatic rings. The minimum Gasteiger partial charge on any atom is -0.315 e. The van der Waals surface area contributed by atoms with E-state index in [1.54, 1.807) is 12.1 Å². The number of hydrogen-bond acceptors (Lipinski definition) is 4. The van der Waals surface area contributed by atoms with Crippen LogP contribution in [0.5, 0.6) is 0 Å². The highest BCUT2D eigenvalue weighted by atomic mass is 35.5. The highest BCUT2D eigenvalue weighted by Gasteiger charge is 2.29. The summed E-state index contributed by atoms with van der Waals surface area (Å²) >= 11 is 5.98. The zero-order valence-corrected chi connectivity index (χ0v) is 14.4. The number of aromatic amines is 1. The van der Waals surface area contributed by atoms with Crippen LogP contribution in [0.25, 0.3) is 11.2 Å². The maximum absolute atomic E-state index is 12.4. The zero-order valence-electron chi connectivity index (χ0n) is 13.6. The Bertz CT molecular complexity index is 842. The van der Waals surface area contributed by atoms with Crippen molar-refractivity contribution in [3.05, 3.63) is 38.0 Å². The van der Waals surface area contributed by atoms with Crippen molar-refractivity contribution in [2.75, 3.05) is 13.1 Å². The lowest BCUT2D eigenvalue weighted by atomic mass is 9.98. The Morgan fingerprint density at radius 3 is 2.48 bits per heavy atom. The molecular weight excluding hydrogens is 316 g/mol. The maximum atomic E-state index is 12.4. The van der Waals surface area contributed by atoms with Crippen LogP contribution in [0.3, 0.4) is 0 Å². The number of pyridine rings is 1. The summed E-state index contributed by atoms with van der Waals surface area (Å²) in [6.07, 6.45) is 1.62. The number of aromatic nitrogens is 3. The van der Waals surface area contributed by atoms with Gasteiger partial charge >= 0.3 is 11.1 Å². The predicted octanol–water partition coefficient (Wildman–Crippen LogP) is 2.17. The van der Waals surface area contributed by atoms with Gasteiger partial charge < -0.3 is 4.98 Å². The molecule has 0 unspecified atom stereocenters. The van der Waals surface area contributed by atoms with Gasteiger partial charge in [0.1, 0.15) is 5.15 Å². The zero-order chi connectivity index (χ0) is 16.8. The van der Waals surface area contributed by atoms with Crippen molar-refractivity contribution in [3.63, 3.8) is 0 Å². The summed E-state index contributed by atoms with van der Waals surface area (Å²) in [5.41, 5.74) is -0.0665. The van der Waals surface area contributed by atoms with E-state index in [2.05, 4.69) is 35.6 Å². The van der Waals surface area contributed by atoms with Crippen molar-refractivity contribution < 1.29 is 0 Å². The quantitative estimate of drug-likeness (QED) is 0.640. The van der Waals surface area contributed by atoms with Gasteiger partial charge in [-0.3, -0.25) is 19.1 Å². The number of halogens is 1. The molecule has 1 saturated heterocycles. The van der Waals surface area contributed by atoms with E-state index in [0.29, 0.717) is 16.3 Å². The van der Waals surface area contributed by atoms with E-state index in [9.17, 15) is 9.59 Å². The molecule has 1 N–H and O–H groups in total. The lowest BCUT2D eigenvalue weighted by molar-refractivity contribution is 0.0898. The van der Waals surface area contributed by atoms with Crippen LogP contribution >= 0.6 is 11.6 Å². The molecule has 7 heteroatoms. The van der Waals surface area contributed by atoms with Crippen molar-refractivity contribution in [1.29, 1.82) is 0 Å². The fourth-order valence-corrected chi connectivity index (χ4v) is 3.36. The van der Waals surface area contributed by atoms with Gasteiger partial charge in [-0.25, -0.2) is 4.98 Å². The van der Waals surface area contributed by atoms with Gasteiger partial charge in [0, 0.05) is 24.7 Å². The Morgan fingerprint density at radius 1 is 1.22 bits per heavy atom. The summed E-state index contributed by atoms with van der Waals surface area (Å²) in [5, 5.41) is 0.310. The first kappa shape index (κ1) is 16.2. The summed E-state index contributed by atoms with van der Waals surface area (Å²) in [5.74, 6) is 0. The molecule has 0 radical (unpaired) electrons. The van der Waals surface area contributed by atoms with Crippen LogP contribution in [-0.2, 0) is 0 Å². The second kappa shape index (κ2) is 5.76. The first-order chi connectivity index (χ1) is 10.8. The van der Waals surface area contributed by atoms with E-state index in [-0.39, 0.29) is 11.6 Å². The molecule has 3 rings (SSSR count). The Kier molecular flexibility index (Phi) is 4.06. The molecule has 0 bridgehead atoms. The standard InChI is InChI=1S/C16H21ClN4O2/c1-16(2,3)20-8-6-10(7-9-20)21-13-11(4-5-12(17)19-13)18-14(22)15(21)23/h4-5,10H,6-9H2,1-3H3,(H,18,22). The molecule has 0 saturated carbocycles. The number of rotatable bonds is 1. The third kappa shape index (κ3) is 3.05. The van der Waals surface area contributed by atoms with Crippen LogP contribution in [0.1, 0.15) is 39.7 Å². The van der Waals surface area contributed by atoms with Gasteiger partial charge in [0.2, 0.25) is 0 Å². The Balaban J connectivity index is 2.04. The van der Waals surface area contributed by atoms with Gasteiger partial charge in [0.25, 0.3) is 0 Å². The summed E-state index contributed by atoms with van der Waals surface area (Å²) in [6, 6.07) is 3.26. The molecule has 1 fully saturated rings. The molecule has 1 aliphatic rings. The van der Waals surface area contributed by atoms with Crippen molar-refractivity contribution in [2.45, 2.75) is 45.2 Å². The summed E-state index contributed by atoms with van der Waals surface area (Å²) in [7, 11) is 0. The Morgan fingerprint density at radius 2 is 1.87 bits per heavy atom. The second-order valence-electron chi connectivity index (χ2n) is 7.02. The van der Waals surface area contributed by atoms with Crippen LogP contribution in [-0.4, -0.2) is 38.1 Å². The minimum absolute atomic E-state index is 0.0307. The van der Waals surface area contributed by atoms with Crippen LogP contribution in [0, 0.1) is 0 Å². The highest BCUT2D eigenvalue weighted by molar-refractivity contribution is 6.29. The van der Waals surface area contributed by atoms with E-state index in [1.165, 1.54) is 4.57 Å². The monoisotopic (exact) mass is 336 g/mol. The molecule has 2 aromatic heterocycles. The molecule has 0 atom stereocenters. The molecule has 0 aromatic carbocycles. The molecular formula is C16H21ClN4O2. The van der Waals surface area contributed by atoms with Crippen LogP contribution in [0.4, 0.5) is 0 Å². The van der Waals surface area contributed by atoms with E-state index in [4.69, 9.17) is 11.6 Å². The number of fused-ring (bicyclic) bond motifs is 1. The van der Waals surface area contributed by atoms with Crippen molar-refractivity contribution in [1.82, 2.24) is 19.4 Å². The van der Waals surface area contributed by atoms with Gasteiger partial charge in [-0.05, 0) is 45.7 Å². The first-order valence-electron chi connectivity index (χ1n) is 7.83. The van der Waals surface area contributed by atoms with Gasteiger partial charge in [-0.1, -0.05) is 11.6 Å². The van der Waals surface area contributed by atoms with Gasteiger partial charge in [-0.2, -0.15) is 0 Å². The average molecular weight is 337 g/mol. The first-order valence-corrected chi connectivity index (χ1v) is 8.21. The summed E-state index contributed by atoms with van der Waals surface area (Å²) in [4.78, 5) is 33.6. The fourth-order valence-electron chi connectivity index (χ4n) is 3.22. The number of nitrogens with zero attached hydrogens (tertiary/aromatic N) is 3. The van der Waals surface area contributed by atoms with E-state index < -0.39 is 11.1 Å². The highest BCUT2D eigenvalue weighted by Crippen LogP contribution is 2.27. The van der Waals surface area contributed by atoms with Crippen molar-refractivity contribution in [3.8, 4) is 0 Å². The molecule has 1 aliphatic heterocycles. The third-order valence-corrected chi connectivity index (χ3v) is 4.72. The number of piperidine rings is 1. The van der Waals surface area contributed by atoms with E-state index >= 15 is 0 Å². The number of likely N-dealkylation sites (tertiary alicyclic amines) is 1. The molecule has 0 spiro atoms. The minimum atomic E-state index is -0.611. The van der Waals surface area contributed by atoms with E-state index in [1.807, 2.05) is 0 Å². The van der Waals surface area contributed by atoms with Gasteiger partial charge in [-0.15, -0.1) is 0 Å². The largest absolute Gasteiger partial charge is 0.318 e. The SMILES string of the molecule is CC(C)(C)N1CCC(n2c(=O)c(=O)[nH]c3ccc(Cl)nc32)CC1. The fraction of sp³-hybridized carbons (Fsp3) is 0.562. The average Bonchev–Trinajstić information content (AvgIpc) is 2.48. The smallest absolute Gasteiger partial charge is 0.315 e. The lowest BCUT2D eigenvalue weighted by Crippen LogP contribution is -2.48. The van der Waals surface area contributed by atoms with Gasteiger partial charge in [0.05, 0.1) is 5.52 Å². The molecule has 0 amide bonds. The maximum Gasteiger partial charge on any atom is 0.318 e. The van der Waals surface area contributed by atoms with Crippen LogP contribution in [0.15, 0.2) is 21.7 Å². The van der Waals surface area contributed by atoms with Crippen molar-refractivity contribution in [2.24, 2.45) is 0 Å². The molecule has 6 nitrogen and oxygen atoms in total. The summed E-state index contributed by atoms with van der Waals surface area (Å²) < 4.78 is 1.53. The van der Waals surface area contributed by atoms with Crippen molar-refractivity contribution >= 4 is 22.8 Å². The number of hydrogen-bond donors (Lipinski definition) is 1. The number of nitrogens with one attached hydrogen (secondary N) is 1. The van der Waals surface area contributed by atoms with Crippen LogP contribution in [0.2, 0.25) is 5.15 Å².